The molecule has 2 saturated heterocycles. The number of carbonyl (C=O) groups is 2. The van der Waals surface area contributed by atoms with E-state index >= 15 is 0 Å². The molecule has 1 aromatic heterocycles. The molecule has 2 fully saturated rings. The van der Waals surface area contributed by atoms with Gasteiger partial charge in [-0.05, 0) is 30.0 Å². The van der Waals surface area contributed by atoms with Gasteiger partial charge in [0.2, 0.25) is 11.8 Å². The minimum absolute atomic E-state index is 0.222. The summed E-state index contributed by atoms with van der Waals surface area (Å²) in [5.74, 6) is 1.33. The van der Waals surface area contributed by atoms with Gasteiger partial charge in [-0.25, -0.2) is 0 Å². The Morgan fingerprint density at radius 3 is 1.86 bits per heavy atom. The van der Waals surface area contributed by atoms with Crippen molar-refractivity contribution in [3.05, 3.63) is 66.0 Å². The Morgan fingerprint density at radius 1 is 0.786 bits per heavy atom. The standard InChI is InChI=1S/C23H27N3O2/c27-22(10-8-18-5-2-1-3-6-18)25-14-20-16-26(17-21(20)15-25)23(28)11-9-19-7-4-12-24-13-19/h1-7,12-13,20-21H,8-11,14-17H2/t20-,21-/m1/s1. The van der Waals surface area contributed by atoms with Gasteiger partial charge in [0.25, 0.3) is 0 Å². The van der Waals surface area contributed by atoms with Crippen LogP contribution < -0.4 is 0 Å². The van der Waals surface area contributed by atoms with Crippen LogP contribution in [-0.4, -0.2) is 52.8 Å². The Labute approximate surface area is 166 Å². The molecule has 1 aromatic carbocycles. The molecule has 0 spiro atoms. The topological polar surface area (TPSA) is 53.5 Å². The summed E-state index contributed by atoms with van der Waals surface area (Å²) in [6.07, 6.45) is 6.21. The number of likely N-dealkylation sites (tertiary alicyclic amines) is 2. The quantitative estimate of drug-likeness (QED) is 0.777. The van der Waals surface area contributed by atoms with Crippen LogP contribution in [0, 0.1) is 11.8 Å². The first-order valence-electron chi connectivity index (χ1n) is 10.2. The van der Waals surface area contributed by atoms with E-state index in [4.69, 9.17) is 0 Å². The molecule has 5 nitrogen and oxygen atoms in total. The van der Waals surface area contributed by atoms with Crippen molar-refractivity contribution in [2.75, 3.05) is 26.2 Å². The summed E-state index contributed by atoms with van der Waals surface area (Å²) in [6.45, 7) is 3.17. The Balaban J connectivity index is 1.22. The van der Waals surface area contributed by atoms with Crippen molar-refractivity contribution in [3.63, 3.8) is 0 Å². The highest BCUT2D eigenvalue weighted by Crippen LogP contribution is 2.32. The molecule has 0 bridgehead atoms. The normalized spacial score (nSPS) is 21.0. The van der Waals surface area contributed by atoms with Crippen LogP contribution in [0.1, 0.15) is 24.0 Å². The van der Waals surface area contributed by atoms with Gasteiger partial charge in [-0.1, -0.05) is 36.4 Å². The van der Waals surface area contributed by atoms with Crippen LogP contribution >= 0.6 is 0 Å². The predicted molar refractivity (Wildman–Crippen MR) is 107 cm³/mol. The zero-order valence-electron chi connectivity index (χ0n) is 16.2. The molecule has 0 aliphatic carbocycles. The fourth-order valence-corrected chi connectivity index (χ4v) is 4.41. The highest BCUT2D eigenvalue weighted by Gasteiger charge is 2.42. The maximum atomic E-state index is 12.6. The second-order valence-electron chi connectivity index (χ2n) is 7.96. The molecule has 2 atom stereocenters. The van der Waals surface area contributed by atoms with Crippen molar-refractivity contribution < 1.29 is 9.59 Å². The Morgan fingerprint density at radius 2 is 1.32 bits per heavy atom. The minimum atomic E-state index is 0.222. The van der Waals surface area contributed by atoms with Gasteiger partial charge < -0.3 is 9.80 Å². The monoisotopic (exact) mass is 377 g/mol. The third kappa shape index (κ3) is 4.41. The van der Waals surface area contributed by atoms with Crippen LogP contribution in [0.25, 0.3) is 0 Å². The SMILES string of the molecule is O=C(CCc1ccccc1)N1C[C@@H]2CN(C(=O)CCc3cccnc3)C[C@H]2C1. The number of pyridine rings is 1. The van der Waals surface area contributed by atoms with E-state index in [9.17, 15) is 9.59 Å². The van der Waals surface area contributed by atoms with Crippen molar-refractivity contribution in [1.29, 1.82) is 0 Å². The number of hydrogen-bond acceptors (Lipinski definition) is 3. The number of rotatable bonds is 6. The predicted octanol–water partition coefficient (Wildman–Crippen LogP) is 2.56. The first-order chi connectivity index (χ1) is 13.7. The van der Waals surface area contributed by atoms with E-state index in [1.54, 1.807) is 6.20 Å². The van der Waals surface area contributed by atoms with Crippen LogP contribution in [0.4, 0.5) is 0 Å². The first-order valence-corrected chi connectivity index (χ1v) is 10.2. The molecule has 2 aliphatic heterocycles. The number of aryl methyl sites for hydroxylation is 2. The van der Waals surface area contributed by atoms with Crippen molar-refractivity contribution in [2.45, 2.75) is 25.7 Å². The van der Waals surface area contributed by atoms with E-state index in [0.717, 1.165) is 44.6 Å². The van der Waals surface area contributed by atoms with E-state index < -0.39 is 0 Å². The molecule has 5 heteroatoms. The Kier molecular flexibility index (Phi) is 5.70. The molecule has 0 unspecified atom stereocenters. The van der Waals surface area contributed by atoms with Crippen LogP contribution in [-0.2, 0) is 22.4 Å². The number of fused-ring (bicyclic) bond motifs is 1. The van der Waals surface area contributed by atoms with Gasteiger partial charge in [0.15, 0.2) is 0 Å². The summed E-state index contributed by atoms with van der Waals surface area (Å²) in [5, 5.41) is 0. The fraction of sp³-hybridized carbons (Fsp3) is 0.435. The molecule has 0 saturated carbocycles. The molecule has 2 aromatic rings. The lowest BCUT2D eigenvalue weighted by Crippen LogP contribution is -2.35. The van der Waals surface area contributed by atoms with E-state index in [0.29, 0.717) is 24.7 Å². The van der Waals surface area contributed by atoms with Crippen LogP contribution in [0.2, 0.25) is 0 Å². The summed E-state index contributed by atoms with van der Waals surface area (Å²) < 4.78 is 0. The maximum Gasteiger partial charge on any atom is 0.222 e. The van der Waals surface area contributed by atoms with Gasteiger partial charge in [0.1, 0.15) is 0 Å². The molecule has 4 rings (SSSR count). The summed E-state index contributed by atoms with van der Waals surface area (Å²) in [4.78, 5) is 33.2. The van der Waals surface area contributed by atoms with Gasteiger partial charge in [-0.15, -0.1) is 0 Å². The van der Waals surface area contributed by atoms with E-state index in [1.807, 2.05) is 46.3 Å². The average molecular weight is 377 g/mol. The summed E-state index contributed by atoms with van der Waals surface area (Å²) >= 11 is 0. The second-order valence-corrected chi connectivity index (χ2v) is 7.96. The van der Waals surface area contributed by atoms with Crippen LogP contribution in [0.15, 0.2) is 54.9 Å². The average Bonchev–Trinajstić information content (AvgIpc) is 3.31. The number of aromatic nitrogens is 1. The van der Waals surface area contributed by atoms with Gasteiger partial charge in [0.05, 0.1) is 0 Å². The number of hydrogen-bond donors (Lipinski definition) is 0. The zero-order chi connectivity index (χ0) is 19.3. The fourth-order valence-electron chi connectivity index (χ4n) is 4.41. The summed E-state index contributed by atoms with van der Waals surface area (Å²) in [7, 11) is 0. The molecule has 146 valence electrons. The van der Waals surface area contributed by atoms with Crippen molar-refractivity contribution in [3.8, 4) is 0 Å². The van der Waals surface area contributed by atoms with Gasteiger partial charge in [0, 0.05) is 63.3 Å². The van der Waals surface area contributed by atoms with Crippen LogP contribution in [0.5, 0.6) is 0 Å². The molecule has 28 heavy (non-hydrogen) atoms. The van der Waals surface area contributed by atoms with E-state index in [1.165, 1.54) is 5.56 Å². The lowest BCUT2D eigenvalue weighted by Gasteiger charge is -2.22. The van der Waals surface area contributed by atoms with Gasteiger partial charge in [-0.2, -0.15) is 0 Å². The Hall–Kier alpha value is -2.69. The Bertz CT molecular complexity index is 728. The van der Waals surface area contributed by atoms with Gasteiger partial charge >= 0.3 is 0 Å². The smallest absolute Gasteiger partial charge is 0.222 e. The third-order valence-corrected chi connectivity index (χ3v) is 6.01. The summed E-state index contributed by atoms with van der Waals surface area (Å²) in [5.41, 5.74) is 2.31. The molecular weight excluding hydrogens is 350 g/mol. The number of amides is 2. The molecule has 3 heterocycles. The summed E-state index contributed by atoms with van der Waals surface area (Å²) in [6, 6.07) is 14.1. The number of benzene rings is 1. The van der Waals surface area contributed by atoms with Crippen molar-refractivity contribution in [2.24, 2.45) is 11.8 Å². The van der Waals surface area contributed by atoms with Crippen molar-refractivity contribution >= 4 is 11.8 Å². The zero-order valence-corrected chi connectivity index (χ0v) is 16.2. The maximum absolute atomic E-state index is 12.6. The molecule has 0 radical (unpaired) electrons. The van der Waals surface area contributed by atoms with Crippen molar-refractivity contribution in [1.82, 2.24) is 14.8 Å². The molecular formula is C23H27N3O2. The molecule has 2 aliphatic rings. The lowest BCUT2D eigenvalue weighted by atomic mass is 10.0. The first kappa shape index (κ1) is 18.7. The minimum Gasteiger partial charge on any atom is -0.342 e. The second kappa shape index (κ2) is 8.55. The highest BCUT2D eigenvalue weighted by atomic mass is 16.2. The van der Waals surface area contributed by atoms with E-state index in [-0.39, 0.29) is 11.8 Å². The third-order valence-electron chi connectivity index (χ3n) is 6.01. The number of nitrogens with zero attached hydrogens (tertiary/aromatic N) is 3. The lowest BCUT2D eigenvalue weighted by molar-refractivity contribution is -0.131. The largest absolute Gasteiger partial charge is 0.342 e. The van der Waals surface area contributed by atoms with Gasteiger partial charge in [-0.3, -0.25) is 14.6 Å². The molecule has 2 amide bonds. The highest BCUT2D eigenvalue weighted by molar-refractivity contribution is 5.78. The number of carbonyl (C=O) groups excluding carboxylic acids is 2. The molecule has 0 N–H and O–H groups in total. The van der Waals surface area contributed by atoms with E-state index in [2.05, 4.69) is 17.1 Å². The van der Waals surface area contributed by atoms with Crippen LogP contribution in [0.3, 0.4) is 0 Å².